The largest absolute Gasteiger partial charge is 0.430 e. The molecular formula is C44H82O2. The van der Waals surface area contributed by atoms with Gasteiger partial charge in [-0.05, 0) is 38.5 Å². The first-order valence-corrected chi connectivity index (χ1v) is 21.2. The number of carbonyl (C=O) groups excluding carboxylic acids is 1. The summed E-state index contributed by atoms with van der Waals surface area (Å²) in [6.45, 7) is 8.69. The van der Waals surface area contributed by atoms with Crippen LogP contribution in [-0.4, -0.2) is 5.97 Å². The maximum absolute atomic E-state index is 12.5. The van der Waals surface area contributed by atoms with Crippen molar-refractivity contribution in [3.63, 3.8) is 0 Å². The van der Waals surface area contributed by atoms with Crippen molar-refractivity contribution >= 4 is 5.97 Å². The summed E-state index contributed by atoms with van der Waals surface area (Å²) in [6.07, 6.45) is 53.2. The number of carbonyl (C=O) groups is 1. The normalized spacial score (nSPS) is 16.4. The van der Waals surface area contributed by atoms with Gasteiger partial charge in [-0.1, -0.05) is 225 Å². The molecular weight excluding hydrogens is 560 g/mol. The summed E-state index contributed by atoms with van der Waals surface area (Å²) in [5.41, 5.74) is -0.352. The summed E-state index contributed by atoms with van der Waals surface area (Å²) in [6, 6.07) is 0. The highest BCUT2D eigenvalue weighted by Crippen LogP contribution is 2.47. The Morgan fingerprint density at radius 1 is 0.435 bits per heavy atom. The lowest BCUT2D eigenvalue weighted by Crippen LogP contribution is -2.45. The number of ether oxygens (including phenoxy) is 1. The Morgan fingerprint density at radius 3 is 0.957 bits per heavy atom. The fraction of sp³-hybridized carbons (Fsp3) is 0.886. The lowest BCUT2D eigenvalue weighted by molar-refractivity contribution is -0.171. The molecule has 2 nitrogen and oxygen atoms in total. The van der Waals surface area contributed by atoms with Crippen molar-refractivity contribution in [1.82, 2.24) is 0 Å². The summed E-state index contributed by atoms with van der Waals surface area (Å²) < 4.78 is 5.29. The molecule has 1 unspecified atom stereocenters. The van der Waals surface area contributed by atoms with Gasteiger partial charge in [-0.15, -0.1) is 0 Å². The van der Waals surface area contributed by atoms with E-state index in [9.17, 15) is 4.79 Å². The Hall–Kier alpha value is -1.05. The van der Waals surface area contributed by atoms with Crippen LogP contribution in [0.1, 0.15) is 245 Å². The summed E-state index contributed by atoms with van der Waals surface area (Å²) in [5.74, 6) is 0.756. The summed E-state index contributed by atoms with van der Waals surface area (Å²) >= 11 is 0. The number of hydrogen-bond donors (Lipinski definition) is 0. The van der Waals surface area contributed by atoms with E-state index in [0.717, 1.165) is 31.4 Å². The predicted molar refractivity (Wildman–Crippen MR) is 204 cm³/mol. The molecule has 0 aromatic heterocycles. The fourth-order valence-electron chi connectivity index (χ4n) is 7.34. The SMILES string of the molecule is C=C1OC(=O)C1(CCCCCCCC/C=C\CCCCCCCC)CCCCCCCCCCCCCCCCCCCCCC. The Kier molecular flexibility index (Phi) is 30.4. The highest BCUT2D eigenvalue weighted by molar-refractivity contribution is 5.87. The van der Waals surface area contributed by atoms with Crippen molar-refractivity contribution in [2.45, 2.75) is 245 Å². The van der Waals surface area contributed by atoms with Gasteiger partial charge in [0.05, 0.1) is 0 Å². The van der Waals surface area contributed by atoms with Crippen LogP contribution in [0.2, 0.25) is 0 Å². The number of unbranched alkanes of at least 4 members (excludes halogenated alkanes) is 31. The molecule has 1 fully saturated rings. The van der Waals surface area contributed by atoms with Crippen LogP contribution in [-0.2, 0) is 9.53 Å². The molecule has 46 heavy (non-hydrogen) atoms. The Morgan fingerprint density at radius 2 is 0.696 bits per heavy atom. The molecule has 0 aromatic rings. The van der Waals surface area contributed by atoms with E-state index in [-0.39, 0.29) is 11.4 Å². The summed E-state index contributed by atoms with van der Waals surface area (Å²) in [5, 5.41) is 0. The van der Waals surface area contributed by atoms with E-state index in [2.05, 4.69) is 32.6 Å². The highest BCUT2D eigenvalue weighted by Gasteiger charge is 2.52. The standard InChI is InChI=1S/C44H82O2/c1-4-6-8-10-12-14-16-18-20-22-23-24-25-27-29-31-33-35-37-39-41-44(42(3)46-43(44)45)40-38-36-34-32-30-28-26-21-19-17-15-13-11-9-7-5-2/h19,21H,3-18,20,22-41H2,1-2H3/b21-19-. The van der Waals surface area contributed by atoms with E-state index in [1.807, 2.05) is 0 Å². The molecule has 270 valence electrons. The molecule has 0 aliphatic carbocycles. The zero-order valence-electron chi connectivity index (χ0n) is 31.6. The van der Waals surface area contributed by atoms with Crippen LogP contribution < -0.4 is 0 Å². The van der Waals surface area contributed by atoms with Crippen LogP contribution in [0.5, 0.6) is 0 Å². The predicted octanol–water partition coefficient (Wildman–Crippen LogP) is 15.7. The molecule has 1 aliphatic heterocycles. The Labute approximate surface area is 289 Å². The van der Waals surface area contributed by atoms with Crippen LogP contribution in [0.25, 0.3) is 0 Å². The van der Waals surface area contributed by atoms with Crippen molar-refractivity contribution in [3.05, 3.63) is 24.5 Å². The summed E-state index contributed by atoms with van der Waals surface area (Å²) in [7, 11) is 0. The first-order chi connectivity index (χ1) is 22.7. The number of cyclic esters (lactones) is 1. The minimum Gasteiger partial charge on any atom is -0.430 e. The molecule has 1 saturated heterocycles. The molecule has 1 aliphatic rings. The lowest BCUT2D eigenvalue weighted by atomic mass is 9.73. The van der Waals surface area contributed by atoms with E-state index in [1.54, 1.807) is 0 Å². The lowest BCUT2D eigenvalue weighted by Gasteiger charge is -2.41. The molecule has 1 atom stereocenters. The maximum atomic E-state index is 12.5. The van der Waals surface area contributed by atoms with Gasteiger partial charge < -0.3 is 4.74 Å². The van der Waals surface area contributed by atoms with Crippen molar-refractivity contribution in [2.24, 2.45) is 5.41 Å². The molecule has 0 amide bonds. The monoisotopic (exact) mass is 643 g/mol. The molecule has 1 rings (SSSR count). The van der Waals surface area contributed by atoms with Crippen LogP contribution in [0.15, 0.2) is 24.5 Å². The Balaban J connectivity index is 1.90. The number of hydrogen-bond acceptors (Lipinski definition) is 2. The second kappa shape index (κ2) is 32.5. The average molecular weight is 643 g/mol. The second-order valence-corrected chi connectivity index (χ2v) is 15.1. The van der Waals surface area contributed by atoms with E-state index in [4.69, 9.17) is 4.74 Å². The van der Waals surface area contributed by atoms with Crippen molar-refractivity contribution in [3.8, 4) is 0 Å². The number of esters is 1. The average Bonchev–Trinajstić information content (AvgIpc) is 3.06. The van der Waals surface area contributed by atoms with Gasteiger partial charge in [0, 0.05) is 0 Å². The minimum absolute atomic E-state index is 0.00283. The minimum atomic E-state index is -0.352. The Bertz CT molecular complexity index is 693. The first kappa shape index (κ1) is 43.0. The van der Waals surface area contributed by atoms with Crippen LogP contribution in [0, 0.1) is 5.41 Å². The van der Waals surface area contributed by atoms with Crippen LogP contribution in [0.4, 0.5) is 0 Å². The van der Waals surface area contributed by atoms with Gasteiger partial charge >= 0.3 is 5.97 Å². The molecule has 0 N–H and O–H groups in total. The summed E-state index contributed by atoms with van der Waals surface area (Å²) in [4.78, 5) is 12.5. The zero-order chi connectivity index (χ0) is 33.2. The van der Waals surface area contributed by atoms with Crippen molar-refractivity contribution < 1.29 is 9.53 Å². The van der Waals surface area contributed by atoms with E-state index < -0.39 is 0 Å². The van der Waals surface area contributed by atoms with Crippen LogP contribution in [0.3, 0.4) is 0 Å². The van der Waals surface area contributed by atoms with Crippen LogP contribution >= 0.6 is 0 Å². The van der Waals surface area contributed by atoms with Gasteiger partial charge in [0.15, 0.2) is 0 Å². The molecule has 0 spiro atoms. The molecule has 0 bridgehead atoms. The molecule has 0 aromatic carbocycles. The molecule has 0 radical (unpaired) electrons. The third-order valence-electron chi connectivity index (χ3n) is 10.7. The number of rotatable bonds is 37. The van der Waals surface area contributed by atoms with Crippen molar-refractivity contribution in [1.29, 1.82) is 0 Å². The quantitative estimate of drug-likeness (QED) is 0.0383. The van der Waals surface area contributed by atoms with Gasteiger partial charge in [0.2, 0.25) is 0 Å². The molecule has 2 heteroatoms. The third-order valence-corrected chi connectivity index (χ3v) is 10.7. The van der Waals surface area contributed by atoms with E-state index >= 15 is 0 Å². The molecule has 0 saturated carbocycles. The van der Waals surface area contributed by atoms with Gasteiger partial charge in [-0.3, -0.25) is 4.79 Å². The zero-order valence-corrected chi connectivity index (χ0v) is 31.6. The van der Waals surface area contributed by atoms with E-state index in [0.29, 0.717) is 0 Å². The first-order valence-electron chi connectivity index (χ1n) is 21.2. The van der Waals surface area contributed by atoms with Gasteiger partial charge in [0.1, 0.15) is 11.2 Å². The van der Waals surface area contributed by atoms with Crippen molar-refractivity contribution in [2.75, 3.05) is 0 Å². The van der Waals surface area contributed by atoms with Gasteiger partial charge in [-0.2, -0.15) is 0 Å². The van der Waals surface area contributed by atoms with E-state index in [1.165, 1.54) is 205 Å². The van der Waals surface area contributed by atoms with Gasteiger partial charge in [-0.25, -0.2) is 0 Å². The molecule has 1 heterocycles. The number of allylic oxidation sites excluding steroid dienone is 2. The topological polar surface area (TPSA) is 26.3 Å². The fourth-order valence-corrected chi connectivity index (χ4v) is 7.34. The smallest absolute Gasteiger partial charge is 0.324 e. The third kappa shape index (κ3) is 23.3. The highest BCUT2D eigenvalue weighted by atomic mass is 16.6. The van der Waals surface area contributed by atoms with Gasteiger partial charge in [0.25, 0.3) is 0 Å². The second-order valence-electron chi connectivity index (χ2n) is 15.1. The maximum Gasteiger partial charge on any atom is 0.324 e.